The van der Waals surface area contributed by atoms with Gasteiger partial charge in [-0.15, -0.1) is 0 Å². The van der Waals surface area contributed by atoms with E-state index in [1.54, 1.807) is 19.1 Å². The van der Waals surface area contributed by atoms with Crippen LogP contribution in [0.3, 0.4) is 0 Å². The molecule has 2 aromatic carbocycles. The number of anilines is 3. The lowest BCUT2D eigenvalue weighted by Crippen LogP contribution is -2.47. The van der Waals surface area contributed by atoms with Gasteiger partial charge in [0, 0.05) is 24.5 Å². The first-order valence-electron chi connectivity index (χ1n) is 9.81. The lowest BCUT2D eigenvalue weighted by molar-refractivity contribution is -0.117. The summed E-state index contributed by atoms with van der Waals surface area (Å²) >= 11 is 5.83. The van der Waals surface area contributed by atoms with Gasteiger partial charge in [-0.25, -0.2) is 12.8 Å². The van der Waals surface area contributed by atoms with Gasteiger partial charge in [-0.1, -0.05) is 18.5 Å². The first-order valence-corrected chi connectivity index (χ1v) is 12.0. The minimum atomic E-state index is -3.83. The molecule has 162 valence electrons. The second-order valence-electron chi connectivity index (χ2n) is 7.31. The van der Waals surface area contributed by atoms with Gasteiger partial charge in [0.25, 0.3) is 0 Å². The Morgan fingerprint density at radius 1 is 1.20 bits per heavy atom. The zero-order chi connectivity index (χ0) is 21.9. The van der Waals surface area contributed by atoms with Crippen molar-refractivity contribution in [2.24, 2.45) is 0 Å². The van der Waals surface area contributed by atoms with Gasteiger partial charge in [0.2, 0.25) is 15.9 Å². The highest BCUT2D eigenvalue weighted by Crippen LogP contribution is 2.28. The molecule has 1 atom stereocenters. The van der Waals surface area contributed by atoms with E-state index in [-0.39, 0.29) is 17.1 Å². The third-order valence-electron chi connectivity index (χ3n) is 5.09. The summed E-state index contributed by atoms with van der Waals surface area (Å²) in [6, 6.07) is 10.1. The van der Waals surface area contributed by atoms with Crippen molar-refractivity contribution in [2.45, 2.75) is 32.2 Å². The molecule has 3 rings (SSSR count). The molecule has 0 aromatic heterocycles. The molecule has 1 saturated heterocycles. The Kier molecular flexibility index (Phi) is 6.88. The summed E-state index contributed by atoms with van der Waals surface area (Å²) in [4.78, 5) is 15.2. The number of halogens is 2. The van der Waals surface area contributed by atoms with E-state index >= 15 is 0 Å². The number of benzene rings is 2. The number of nitrogens with one attached hydrogen (secondary N) is 1. The molecule has 2 aromatic rings. The molecular weight excluding hydrogens is 429 g/mol. The molecule has 6 nitrogen and oxygen atoms in total. The molecule has 1 fully saturated rings. The minimum absolute atomic E-state index is 0.135. The summed E-state index contributed by atoms with van der Waals surface area (Å²) in [5.74, 6) is -1.14. The Labute approximate surface area is 181 Å². The van der Waals surface area contributed by atoms with Crippen LogP contribution in [-0.4, -0.2) is 39.7 Å². The zero-order valence-corrected chi connectivity index (χ0v) is 18.5. The van der Waals surface area contributed by atoms with E-state index in [9.17, 15) is 17.6 Å². The topological polar surface area (TPSA) is 69.7 Å². The average Bonchev–Trinajstić information content (AvgIpc) is 3.22. The maximum atomic E-state index is 13.5. The molecule has 0 saturated carbocycles. The van der Waals surface area contributed by atoms with Crippen molar-refractivity contribution in [3.8, 4) is 0 Å². The van der Waals surface area contributed by atoms with Gasteiger partial charge < -0.3 is 10.2 Å². The highest BCUT2D eigenvalue weighted by molar-refractivity contribution is 7.92. The van der Waals surface area contributed by atoms with Gasteiger partial charge >= 0.3 is 0 Å². The van der Waals surface area contributed by atoms with Crippen LogP contribution in [0.5, 0.6) is 0 Å². The molecule has 1 amide bonds. The molecule has 0 spiro atoms. The summed E-state index contributed by atoms with van der Waals surface area (Å²) in [6.45, 7) is 3.75. The van der Waals surface area contributed by atoms with Gasteiger partial charge in [0.1, 0.15) is 11.9 Å². The van der Waals surface area contributed by atoms with Gasteiger partial charge in [-0.3, -0.25) is 9.10 Å². The van der Waals surface area contributed by atoms with Crippen LogP contribution in [0.25, 0.3) is 0 Å². The van der Waals surface area contributed by atoms with Crippen LogP contribution < -0.4 is 14.5 Å². The molecular formula is C21H25ClFN3O3S. The molecule has 0 radical (unpaired) electrons. The van der Waals surface area contributed by atoms with Crippen LogP contribution in [0.1, 0.15) is 26.2 Å². The van der Waals surface area contributed by atoms with Crippen LogP contribution in [0, 0.1) is 5.82 Å². The van der Waals surface area contributed by atoms with E-state index in [0.717, 1.165) is 35.4 Å². The highest BCUT2D eigenvalue weighted by atomic mass is 35.5. The molecule has 30 heavy (non-hydrogen) atoms. The molecule has 0 unspecified atom stereocenters. The Bertz CT molecular complexity index is 1010. The quantitative estimate of drug-likeness (QED) is 0.680. The Balaban J connectivity index is 1.82. The largest absolute Gasteiger partial charge is 0.372 e. The fraction of sp³-hybridized carbons (Fsp3) is 0.381. The van der Waals surface area contributed by atoms with Gasteiger partial charge in [-0.2, -0.15) is 0 Å². The second kappa shape index (κ2) is 9.22. The van der Waals surface area contributed by atoms with Crippen molar-refractivity contribution < 1.29 is 17.6 Å². The SMILES string of the molecule is CC[C@H](C(=O)Nc1ccc(N2CCCC2)cc1)N(c1ccc(F)c(Cl)c1)S(C)(=O)=O. The number of nitrogens with zero attached hydrogens (tertiary/aromatic N) is 2. The van der Waals surface area contributed by atoms with E-state index in [0.29, 0.717) is 5.69 Å². The molecule has 1 aliphatic heterocycles. The molecule has 1 N–H and O–H groups in total. The van der Waals surface area contributed by atoms with Crippen LogP contribution in [-0.2, 0) is 14.8 Å². The van der Waals surface area contributed by atoms with E-state index in [2.05, 4.69) is 10.2 Å². The maximum absolute atomic E-state index is 13.5. The summed E-state index contributed by atoms with van der Waals surface area (Å²) < 4.78 is 39.5. The zero-order valence-electron chi connectivity index (χ0n) is 16.9. The van der Waals surface area contributed by atoms with Gasteiger partial charge in [-0.05, 0) is 61.7 Å². The van der Waals surface area contributed by atoms with E-state index in [1.165, 1.54) is 25.0 Å². The van der Waals surface area contributed by atoms with Crippen LogP contribution >= 0.6 is 11.6 Å². The third-order valence-corrected chi connectivity index (χ3v) is 6.56. The minimum Gasteiger partial charge on any atom is -0.372 e. The number of rotatable bonds is 7. The number of hydrogen-bond acceptors (Lipinski definition) is 4. The monoisotopic (exact) mass is 453 g/mol. The highest BCUT2D eigenvalue weighted by Gasteiger charge is 2.32. The lowest BCUT2D eigenvalue weighted by atomic mass is 10.1. The van der Waals surface area contributed by atoms with Crippen molar-refractivity contribution in [1.29, 1.82) is 0 Å². The first-order chi connectivity index (χ1) is 14.2. The fourth-order valence-electron chi connectivity index (χ4n) is 3.64. The fourth-order valence-corrected chi connectivity index (χ4v) is 5.02. The van der Waals surface area contributed by atoms with E-state index < -0.39 is 27.8 Å². The van der Waals surface area contributed by atoms with Gasteiger partial charge in [0.05, 0.1) is 17.0 Å². The first kappa shape index (κ1) is 22.4. The Hall–Kier alpha value is -2.32. The van der Waals surface area contributed by atoms with Gasteiger partial charge in [0.15, 0.2) is 0 Å². The Morgan fingerprint density at radius 3 is 2.37 bits per heavy atom. The predicted molar refractivity (Wildman–Crippen MR) is 119 cm³/mol. The normalized spacial score (nSPS) is 15.1. The number of hydrogen-bond donors (Lipinski definition) is 1. The van der Waals surface area contributed by atoms with Crippen molar-refractivity contribution in [3.63, 3.8) is 0 Å². The second-order valence-corrected chi connectivity index (χ2v) is 9.58. The molecule has 0 bridgehead atoms. The number of carbonyl (C=O) groups is 1. The average molecular weight is 454 g/mol. The standard InChI is InChI=1S/C21H25ClFN3O3S/c1-3-20(26(30(2,28)29)17-10-11-19(23)18(22)14-17)21(27)24-15-6-8-16(9-7-15)25-12-4-5-13-25/h6-11,14,20H,3-5,12-13H2,1-2H3,(H,24,27)/t20-/m1/s1. The molecule has 1 aliphatic rings. The van der Waals surface area contributed by atoms with E-state index in [4.69, 9.17) is 11.6 Å². The number of amides is 1. The van der Waals surface area contributed by atoms with Crippen molar-refractivity contribution in [3.05, 3.63) is 53.3 Å². The Morgan fingerprint density at radius 2 is 1.83 bits per heavy atom. The van der Waals surface area contributed by atoms with Crippen LogP contribution in [0.2, 0.25) is 5.02 Å². The molecule has 1 heterocycles. The molecule has 0 aliphatic carbocycles. The smallest absolute Gasteiger partial charge is 0.248 e. The number of carbonyl (C=O) groups excluding carboxylic acids is 1. The summed E-state index contributed by atoms with van der Waals surface area (Å²) in [5, 5.41) is 2.57. The van der Waals surface area contributed by atoms with Crippen molar-refractivity contribution in [1.82, 2.24) is 0 Å². The van der Waals surface area contributed by atoms with Crippen molar-refractivity contribution >= 4 is 44.6 Å². The number of sulfonamides is 1. The third kappa shape index (κ3) is 5.05. The summed E-state index contributed by atoms with van der Waals surface area (Å²) in [7, 11) is -3.83. The van der Waals surface area contributed by atoms with Crippen molar-refractivity contribution in [2.75, 3.05) is 33.9 Å². The lowest BCUT2D eigenvalue weighted by Gasteiger charge is -2.30. The maximum Gasteiger partial charge on any atom is 0.248 e. The summed E-state index contributed by atoms with van der Waals surface area (Å²) in [5.41, 5.74) is 1.80. The summed E-state index contributed by atoms with van der Waals surface area (Å²) in [6.07, 6.45) is 3.57. The van der Waals surface area contributed by atoms with Crippen LogP contribution in [0.15, 0.2) is 42.5 Å². The van der Waals surface area contributed by atoms with Crippen LogP contribution in [0.4, 0.5) is 21.5 Å². The predicted octanol–water partition coefficient (Wildman–Crippen LogP) is 4.26. The van der Waals surface area contributed by atoms with E-state index in [1.807, 2.05) is 12.1 Å². The molecule has 9 heteroatoms.